The van der Waals surface area contributed by atoms with Gasteiger partial charge in [-0.1, -0.05) is 12.1 Å². The maximum absolute atomic E-state index is 12.9. The molecule has 0 unspecified atom stereocenters. The van der Waals surface area contributed by atoms with Gasteiger partial charge in [0.05, 0.1) is 0 Å². The molecule has 0 heterocycles. The summed E-state index contributed by atoms with van der Waals surface area (Å²) in [6.07, 6.45) is 0. The van der Waals surface area contributed by atoms with Gasteiger partial charge in [0.1, 0.15) is 0 Å². The molecule has 0 spiro atoms. The van der Waals surface area contributed by atoms with E-state index < -0.39 is 17.4 Å². The molecule has 2 nitrogen and oxygen atoms in total. The Kier molecular flexibility index (Phi) is 1.77. The topological polar surface area (TPSA) is 46.2 Å². The lowest BCUT2D eigenvalue weighted by Crippen LogP contribution is -1.91. The zero-order valence-electron chi connectivity index (χ0n) is 7.09. The molecule has 0 aliphatic carbocycles. The van der Waals surface area contributed by atoms with Crippen LogP contribution in [0.4, 0.5) is 14.5 Å². The number of hydrogen-bond acceptors (Lipinski definition) is 2. The predicted octanol–water partition coefficient (Wildman–Crippen LogP) is 2.41. The molecule has 72 valence electrons. The summed E-state index contributed by atoms with van der Waals surface area (Å²) in [4.78, 5) is 0. The van der Waals surface area contributed by atoms with Crippen LogP contribution >= 0.6 is 0 Å². The molecule has 4 heteroatoms. The van der Waals surface area contributed by atoms with Crippen LogP contribution in [0.15, 0.2) is 24.3 Å². The van der Waals surface area contributed by atoms with E-state index in [1.165, 1.54) is 6.07 Å². The number of nitrogens with two attached hydrogens (primary N) is 1. The Morgan fingerprint density at radius 2 is 1.86 bits per heavy atom. The van der Waals surface area contributed by atoms with Crippen LogP contribution in [0.5, 0.6) is 5.75 Å². The van der Waals surface area contributed by atoms with Gasteiger partial charge in [-0.25, -0.2) is 4.39 Å². The highest BCUT2D eigenvalue weighted by molar-refractivity contribution is 5.96. The summed E-state index contributed by atoms with van der Waals surface area (Å²) in [6.45, 7) is 0. The van der Waals surface area contributed by atoms with Crippen LogP contribution in [0.3, 0.4) is 0 Å². The molecule has 0 bridgehead atoms. The van der Waals surface area contributed by atoms with Crippen molar-refractivity contribution in [1.29, 1.82) is 0 Å². The highest BCUT2D eigenvalue weighted by atomic mass is 19.2. The van der Waals surface area contributed by atoms with Crippen molar-refractivity contribution in [3.05, 3.63) is 35.9 Å². The van der Waals surface area contributed by atoms with E-state index in [1.54, 1.807) is 12.1 Å². The molecule has 0 atom stereocenters. The van der Waals surface area contributed by atoms with E-state index in [0.717, 1.165) is 6.07 Å². The van der Waals surface area contributed by atoms with Gasteiger partial charge in [0, 0.05) is 16.5 Å². The number of aromatic hydroxyl groups is 1. The van der Waals surface area contributed by atoms with Gasteiger partial charge in [-0.15, -0.1) is 0 Å². The second-order valence-corrected chi connectivity index (χ2v) is 2.96. The molecule has 0 aromatic heterocycles. The number of benzene rings is 2. The Balaban J connectivity index is 2.98. The van der Waals surface area contributed by atoms with E-state index >= 15 is 0 Å². The zero-order chi connectivity index (χ0) is 10.3. The fourth-order valence-electron chi connectivity index (χ4n) is 1.37. The number of halogens is 2. The van der Waals surface area contributed by atoms with Crippen LogP contribution in [0.2, 0.25) is 0 Å². The fraction of sp³-hybridized carbons (Fsp3) is 0. The average Bonchev–Trinajstić information content (AvgIpc) is 2.17. The first kappa shape index (κ1) is 8.74. The molecular weight excluding hydrogens is 188 g/mol. The minimum absolute atomic E-state index is 0.212. The second-order valence-electron chi connectivity index (χ2n) is 2.96. The molecule has 2 aromatic rings. The van der Waals surface area contributed by atoms with E-state index in [4.69, 9.17) is 5.73 Å². The van der Waals surface area contributed by atoms with Crippen molar-refractivity contribution in [1.82, 2.24) is 0 Å². The van der Waals surface area contributed by atoms with E-state index in [9.17, 15) is 13.9 Å². The standard InChI is InChI=1S/C10H7F2NO/c11-7-4-6-5(10(14)9(7)12)2-1-3-8(6)13/h1-4,14H,13H2. The van der Waals surface area contributed by atoms with E-state index in [1.807, 2.05) is 0 Å². The van der Waals surface area contributed by atoms with Crippen LogP contribution in [-0.2, 0) is 0 Å². The van der Waals surface area contributed by atoms with Crippen molar-refractivity contribution in [3.8, 4) is 5.75 Å². The summed E-state index contributed by atoms with van der Waals surface area (Å²) in [5, 5.41) is 9.81. The molecule has 0 radical (unpaired) electrons. The van der Waals surface area contributed by atoms with Gasteiger partial charge in [-0.3, -0.25) is 0 Å². The van der Waals surface area contributed by atoms with Crippen molar-refractivity contribution < 1.29 is 13.9 Å². The maximum Gasteiger partial charge on any atom is 0.201 e. The smallest absolute Gasteiger partial charge is 0.201 e. The number of anilines is 1. The molecule has 2 rings (SSSR count). The van der Waals surface area contributed by atoms with Crippen LogP contribution in [0, 0.1) is 11.6 Å². The summed E-state index contributed by atoms with van der Waals surface area (Å²) >= 11 is 0. The Bertz CT molecular complexity index is 511. The number of fused-ring (bicyclic) bond motifs is 1. The summed E-state index contributed by atoms with van der Waals surface area (Å²) in [6, 6.07) is 5.57. The van der Waals surface area contributed by atoms with Crippen LogP contribution in [0.25, 0.3) is 10.8 Å². The van der Waals surface area contributed by atoms with Crippen molar-refractivity contribution in [2.75, 3.05) is 5.73 Å². The van der Waals surface area contributed by atoms with Crippen molar-refractivity contribution >= 4 is 16.5 Å². The lowest BCUT2D eigenvalue weighted by Gasteiger charge is -2.05. The van der Waals surface area contributed by atoms with Crippen molar-refractivity contribution in [2.45, 2.75) is 0 Å². The third-order valence-electron chi connectivity index (χ3n) is 2.08. The Morgan fingerprint density at radius 3 is 2.57 bits per heavy atom. The van der Waals surface area contributed by atoms with Crippen LogP contribution in [0.1, 0.15) is 0 Å². The normalized spacial score (nSPS) is 10.7. The lowest BCUT2D eigenvalue weighted by molar-refractivity contribution is 0.413. The molecule has 0 amide bonds. The first-order valence-corrected chi connectivity index (χ1v) is 3.96. The van der Waals surface area contributed by atoms with E-state index in [0.29, 0.717) is 11.1 Å². The Hall–Kier alpha value is -1.84. The van der Waals surface area contributed by atoms with E-state index in [2.05, 4.69) is 0 Å². The largest absolute Gasteiger partial charge is 0.504 e. The van der Waals surface area contributed by atoms with Gasteiger partial charge in [-0.2, -0.15) is 4.39 Å². The number of phenols is 1. The van der Waals surface area contributed by atoms with Gasteiger partial charge in [-0.05, 0) is 12.1 Å². The number of rotatable bonds is 0. The summed E-state index contributed by atoms with van der Waals surface area (Å²) in [7, 11) is 0. The molecule has 0 fully saturated rings. The minimum Gasteiger partial charge on any atom is -0.504 e. The number of phenolic OH excluding ortho intramolecular Hbond substituents is 1. The third kappa shape index (κ3) is 1.08. The average molecular weight is 195 g/mol. The van der Waals surface area contributed by atoms with Gasteiger partial charge in [0.2, 0.25) is 5.82 Å². The van der Waals surface area contributed by atoms with Crippen LogP contribution < -0.4 is 5.73 Å². The zero-order valence-corrected chi connectivity index (χ0v) is 7.09. The highest BCUT2D eigenvalue weighted by Gasteiger charge is 2.13. The molecule has 0 saturated heterocycles. The first-order chi connectivity index (χ1) is 6.61. The molecule has 14 heavy (non-hydrogen) atoms. The third-order valence-corrected chi connectivity index (χ3v) is 2.08. The van der Waals surface area contributed by atoms with Gasteiger partial charge in [0.25, 0.3) is 0 Å². The summed E-state index contributed by atoms with van der Waals surface area (Å²) in [5.41, 5.74) is 5.85. The van der Waals surface area contributed by atoms with Crippen molar-refractivity contribution in [3.63, 3.8) is 0 Å². The molecule has 3 N–H and O–H groups in total. The molecule has 0 saturated carbocycles. The molecular formula is C10H7F2NO. The molecule has 2 aromatic carbocycles. The van der Waals surface area contributed by atoms with Gasteiger partial charge < -0.3 is 10.8 Å². The van der Waals surface area contributed by atoms with Gasteiger partial charge >= 0.3 is 0 Å². The van der Waals surface area contributed by atoms with Crippen molar-refractivity contribution in [2.24, 2.45) is 0 Å². The maximum atomic E-state index is 12.9. The second kappa shape index (κ2) is 2.83. The lowest BCUT2D eigenvalue weighted by atomic mass is 10.1. The Labute approximate surface area is 78.6 Å². The van der Waals surface area contributed by atoms with Crippen LogP contribution in [-0.4, -0.2) is 5.11 Å². The molecule has 0 aliphatic heterocycles. The van der Waals surface area contributed by atoms with E-state index in [-0.39, 0.29) is 5.39 Å². The molecule has 0 aliphatic rings. The first-order valence-electron chi connectivity index (χ1n) is 3.96. The predicted molar refractivity (Wildman–Crippen MR) is 49.9 cm³/mol. The minimum atomic E-state index is -1.25. The SMILES string of the molecule is Nc1cccc2c(O)c(F)c(F)cc12. The Morgan fingerprint density at radius 1 is 1.14 bits per heavy atom. The fourth-order valence-corrected chi connectivity index (χ4v) is 1.37. The monoisotopic (exact) mass is 195 g/mol. The number of nitrogen functional groups attached to an aromatic ring is 1. The summed E-state index contributed by atoms with van der Waals surface area (Å²) < 4.78 is 25.8. The quantitative estimate of drug-likeness (QED) is 0.634. The highest BCUT2D eigenvalue weighted by Crippen LogP contribution is 2.32. The van der Waals surface area contributed by atoms with Gasteiger partial charge in [0.15, 0.2) is 11.6 Å². The number of hydrogen-bond donors (Lipinski definition) is 2. The summed E-state index contributed by atoms with van der Waals surface area (Å²) in [5.74, 6) is -3.05.